The Morgan fingerprint density at radius 1 is 1.05 bits per heavy atom. The van der Waals surface area contributed by atoms with Gasteiger partial charge in [-0.2, -0.15) is 0 Å². The molecule has 0 aliphatic carbocycles. The molecular formula is C30H26N2O6S. The fraction of sp³-hybridized carbons (Fsp3) is 0.167. The van der Waals surface area contributed by atoms with Crippen LogP contribution in [0, 0.1) is 0 Å². The van der Waals surface area contributed by atoms with Gasteiger partial charge in [0, 0.05) is 11.1 Å². The number of fused-ring (bicyclic) bond motifs is 1. The van der Waals surface area contributed by atoms with Crippen molar-refractivity contribution in [3.63, 3.8) is 0 Å². The van der Waals surface area contributed by atoms with Crippen LogP contribution in [-0.4, -0.2) is 36.5 Å². The van der Waals surface area contributed by atoms with Crippen molar-refractivity contribution in [1.82, 2.24) is 4.57 Å². The molecule has 1 aromatic heterocycles. The molecule has 5 rings (SSSR count). The molecule has 2 heterocycles. The summed E-state index contributed by atoms with van der Waals surface area (Å²) in [5.74, 6) is 0.235. The van der Waals surface area contributed by atoms with Crippen LogP contribution in [0.1, 0.15) is 29.7 Å². The molecule has 1 aliphatic heterocycles. The monoisotopic (exact) mass is 542 g/mol. The molecule has 1 atom stereocenters. The fourth-order valence-electron chi connectivity index (χ4n) is 4.53. The number of carbonyl (C=O) groups is 1. The summed E-state index contributed by atoms with van der Waals surface area (Å²) in [6.45, 7) is 1.89. The lowest BCUT2D eigenvalue weighted by molar-refractivity contribution is -0.138. The average Bonchev–Trinajstić information content (AvgIpc) is 3.28. The zero-order chi connectivity index (χ0) is 27.5. The van der Waals surface area contributed by atoms with Gasteiger partial charge in [-0.05, 0) is 36.8 Å². The number of nitrogens with zero attached hydrogens (tertiary/aromatic N) is 2. The quantitative estimate of drug-likeness (QED) is 0.358. The van der Waals surface area contributed by atoms with Crippen molar-refractivity contribution in [3.8, 4) is 17.2 Å². The molecule has 8 nitrogen and oxygen atoms in total. The zero-order valence-corrected chi connectivity index (χ0v) is 22.4. The molecule has 0 amide bonds. The highest BCUT2D eigenvalue weighted by Gasteiger charge is 2.35. The van der Waals surface area contributed by atoms with Crippen LogP contribution in [-0.2, 0) is 9.53 Å². The third kappa shape index (κ3) is 4.84. The van der Waals surface area contributed by atoms with Crippen molar-refractivity contribution in [3.05, 3.63) is 115 Å². The molecule has 0 saturated heterocycles. The van der Waals surface area contributed by atoms with E-state index in [4.69, 9.17) is 19.2 Å². The van der Waals surface area contributed by atoms with Crippen molar-refractivity contribution in [2.24, 2.45) is 4.99 Å². The van der Waals surface area contributed by atoms with Crippen LogP contribution < -0.4 is 24.4 Å². The number of aromatic nitrogens is 1. The molecule has 1 aliphatic rings. The van der Waals surface area contributed by atoms with E-state index in [-0.39, 0.29) is 23.5 Å². The zero-order valence-electron chi connectivity index (χ0n) is 21.6. The minimum absolute atomic E-state index is 0.0765. The summed E-state index contributed by atoms with van der Waals surface area (Å²) in [4.78, 5) is 32.7. The van der Waals surface area contributed by atoms with Gasteiger partial charge in [0.15, 0.2) is 16.3 Å². The molecule has 3 aromatic carbocycles. The Kier molecular flexibility index (Phi) is 7.33. The minimum atomic E-state index is -0.827. The van der Waals surface area contributed by atoms with Crippen LogP contribution in [0.4, 0.5) is 0 Å². The molecule has 0 saturated carbocycles. The summed E-state index contributed by atoms with van der Waals surface area (Å²) in [6.07, 6.45) is 1.60. The molecule has 1 N–H and O–H groups in total. The Labute approximate surface area is 228 Å². The van der Waals surface area contributed by atoms with E-state index in [1.54, 1.807) is 50.4 Å². The second kappa shape index (κ2) is 11.0. The lowest BCUT2D eigenvalue weighted by Crippen LogP contribution is -2.40. The summed E-state index contributed by atoms with van der Waals surface area (Å²) in [6, 6.07) is 20.8. The first-order valence-corrected chi connectivity index (χ1v) is 13.1. The van der Waals surface area contributed by atoms with Gasteiger partial charge in [-0.3, -0.25) is 9.36 Å². The highest BCUT2D eigenvalue weighted by Crippen LogP contribution is 2.36. The number of phenolic OH excluding ortho intramolecular Hbond substituents is 1. The number of thiazole rings is 1. The lowest BCUT2D eigenvalue weighted by Gasteiger charge is -2.26. The van der Waals surface area contributed by atoms with Gasteiger partial charge in [0.25, 0.3) is 5.56 Å². The Morgan fingerprint density at radius 3 is 2.54 bits per heavy atom. The lowest BCUT2D eigenvalue weighted by atomic mass is 9.93. The van der Waals surface area contributed by atoms with Gasteiger partial charge >= 0.3 is 5.97 Å². The molecule has 0 bridgehead atoms. The highest BCUT2D eigenvalue weighted by atomic mass is 32.1. The van der Waals surface area contributed by atoms with E-state index in [2.05, 4.69) is 0 Å². The predicted molar refractivity (Wildman–Crippen MR) is 149 cm³/mol. The van der Waals surface area contributed by atoms with Gasteiger partial charge < -0.3 is 19.3 Å². The van der Waals surface area contributed by atoms with Crippen molar-refractivity contribution < 1.29 is 24.1 Å². The maximum atomic E-state index is 14.0. The van der Waals surface area contributed by atoms with Crippen LogP contribution in [0.25, 0.3) is 11.8 Å². The van der Waals surface area contributed by atoms with Crippen molar-refractivity contribution >= 4 is 29.1 Å². The second-order valence-corrected chi connectivity index (χ2v) is 9.62. The second-order valence-electron chi connectivity index (χ2n) is 8.61. The third-order valence-electron chi connectivity index (χ3n) is 6.32. The first-order chi connectivity index (χ1) is 19.0. The molecule has 198 valence electrons. The molecule has 1 unspecified atom stereocenters. The number of esters is 1. The highest BCUT2D eigenvalue weighted by molar-refractivity contribution is 7.07. The van der Waals surface area contributed by atoms with E-state index in [0.717, 1.165) is 5.56 Å². The maximum Gasteiger partial charge on any atom is 0.338 e. The van der Waals surface area contributed by atoms with Gasteiger partial charge in [0.1, 0.15) is 5.75 Å². The number of hydrogen-bond acceptors (Lipinski definition) is 8. The SMILES string of the molecule is CCOC(=O)C1=C(c2ccccc2)N=c2s/c(=C\c3cccc(OC)c3O)c(=O)n2C1c1cccc(OC)c1. The van der Waals surface area contributed by atoms with Gasteiger partial charge in [-0.15, -0.1) is 0 Å². The molecular weight excluding hydrogens is 516 g/mol. The fourth-order valence-corrected chi connectivity index (χ4v) is 5.52. The number of phenols is 1. The molecule has 0 fully saturated rings. The van der Waals surface area contributed by atoms with E-state index in [0.29, 0.717) is 37.7 Å². The molecule has 0 radical (unpaired) electrons. The van der Waals surface area contributed by atoms with Crippen LogP contribution in [0.15, 0.2) is 88.2 Å². The van der Waals surface area contributed by atoms with E-state index >= 15 is 0 Å². The number of aromatic hydroxyl groups is 1. The molecule has 9 heteroatoms. The predicted octanol–water partition coefficient (Wildman–Crippen LogP) is 3.66. The van der Waals surface area contributed by atoms with E-state index < -0.39 is 12.0 Å². The first-order valence-electron chi connectivity index (χ1n) is 12.2. The van der Waals surface area contributed by atoms with Crippen molar-refractivity contribution in [1.29, 1.82) is 0 Å². The van der Waals surface area contributed by atoms with Gasteiger partial charge in [-0.25, -0.2) is 9.79 Å². The van der Waals surface area contributed by atoms with E-state index in [1.807, 2.05) is 42.5 Å². The number of ether oxygens (including phenoxy) is 3. The van der Waals surface area contributed by atoms with Crippen molar-refractivity contribution in [2.45, 2.75) is 13.0 Å². The first kappa shape index (κ1) is 26.0. The number of hydrogen-bond donors (Lipinski definition) is 1. The molecule has 4 aromatic rings. The van der Waals surface area contributed by atoms with Gasteiger partial charge in [0.2, 0.25) is 0 Å². The van der Waals surface area contributed by atoms with Crippen LogP contribution in [0.2, 0.25) is 0 Å². The average molecular weight is 543 g/mol. The molecule has 39 heavy (non-hydrogen) atoms. The third-order valence-corrected chi connectivity index (χ3v) is 7.30. The van der Waals surface area contributed by atoms with Crippen LogP contribution in [0.5, 0.6) is 17.2 Å². The Hall–Kier alpha value is -4.63. The Balaban J connectivity index is 1.84. The van der Waals surface area contributed by atoms with Crippen LogP contribution >= 0.6 is 11.3 Å². The van der Waals surface area contributed by atoms with Crippen LogP contribution in [0.3, 0.4) is 0 Å². The maximum absolute atomic E-state index is 14.0. The summed E-state index contributed by atoms with van der Waals surface area (Å²) in [5, 5.41) is 10.6. The summed E-state index contributed by atoms with van der Waals surface area (Å²) in [5.41, 5.74) is 2.13. The minimum Gasteiger partial charge on any atom is -0.504 e. The Bertz CT molecular complexity index is 1750. The van der Waals surface area contributed by atoms with Gasteiger partial charge in [-0.1, -0.05) is 65.9 Å². The number of rotatable bonds is 7. The normalized spacial score (nSPS) is 14.9. The summed E-state index contributed by atoms with van der Waals surface area (Å²) < 4.78 is 18.0. The van der Waals surface area contributed by atoms with Gasteiger partial charge in [0.05, 0.1) is 42.7 Å². The summed E-state index contributed by atoms with van der Waals surface area (Å²) in [7, 11) is 3.02. The standard InChI is InChI=1S/C30H26N2O6S/c1-4-38-29(35)24-25(18-10-6-5-7-11-18)31-30-32(26(24)19-12-8-14-21(16-19)36-2)28(34)23(39-30)17-20-13-9-15-22(37-3)27(20)33/h5-17,26,33H,4H2,1-3H3/b23-17-. The number of benzene rings is 3. The number of methoxy groups -OCH3 is 2. The summed E-state index contributed by atoms with van der Waals surface area (Å²) >= 11 is 1.17. The van der Waals surface area contributed by atoms with Crippen molar-refractivity contribution in [2.75, 3.05) is 20.8 Å². The smallest absolute Gasteiger partial charge is 0.338 e. The number of para-hydroxylation sites is 1. The topological polar surface area (TPSA) is 99.4 Å². The molecule has 0 spiro atoms. The van der Waals surface area contributed by atoms with E-state index in [1.165, 1.54) is 23.0 Å². The number of carbonyl (C=O) groups excluding carboxylic acids is 1. The Morgan fingerprint density at radius 2 is 1.82 bits per heavy atom. The largest absolute Gasteiger partial charge is 0.504 e. The van der Waals surface area contributed by atoms with E-state index in [9.17, 15) is 14.7 Å².